The number of rotatable bonds is 4. The van der Waals surface area contributed by atoms with Crippen LogP contribution in [0.2, 0.25) is 0 Å². The molecule has 0 aliphatic heterocycles. The Hall–Kier alpha value is -2.47. The van der Waals surface area contributed by atoms with E-state index >= 15 is 0 Å². The lowest BCUT2D eigenvalue weighted by Gasteiger charge is -2.21. The molecular weight excluding hydrogens is 248 g/mol. The van der Waals surface area contributed by atoms with Crippen LogP contribution in [0.5, 0.6) is 5.75 Å². The van der Waals surface area contributed by atoms with Crippen molar-refractivity contribution < 1.29 is 4.74 Å². The van der Waals surface area contributed by atoms with E-state index in [4.69, 9.17) is 4.74 Å². The van der Waals surface area contributed by atoms with Crippen molar-refractivity contribution in [1.82, 2.24) is 0 Å². The normalized spacial score (nSPS) is 9.90. The highest BCUT2D eigenvalue weighted by molar-refractivity contribution is 5.70. The van der Waals surface area contributed by atoms with Gasteiger partial charge in [-0.1, -0.05) is 19.1 Å². The van der Waals surface area contributed by atoms with Crippen molar-refractivity contribution >= 4 is 11.4 Å². The smallest absolute Gasteiger partial charge is 0.121 e. The third-order valence-electron chi connectivity index (χ3n) is 3.42. The van der Waals surface area contributed by atoms with E-state index in [9.17, 15) is 5.26 Å². The molecular formula is C17H18N2O. The molecule has 0 saturated carbocycles. The summed E-state index contributed by atoms with van der Waals surface area (Å²) < 4.78 is 5.24. The SMILES string of the molecule is CCc1ccc(N(C)c2cc(OC)ccc2C#N)cc1. The Kier molecular flexibility index (Phi) is 4.27. The molecule has 0 atom stereocenters. The van der Waals surface area contributed by atoms with Gasteiger partial charge in [-0.05, 0) is 36.2 Å². The van der Waals surface area contributed by atoms with Gasteiger partial charge in [0.1, 0.15) is 11.8 Å². The molecule has 0 heterocycles. The van der Waals surface area contributed by atoms with Crippen molar-refractivity contribution in [3.63, 3.8) is 0 Å². The predicted molar refractivity (Wildman–Crippen MR) is 81.6 cm³/mol. The second-order valence-corrected chi connectivity index (χ2v) is 4.57. The van der Waals surface area contributed by atoms with Crippen LogP contribution in [0.1, 0.15) is 18.1 Å². The lowest BCUT2D eigenvalue weighted by Crippen LogP contribution is -2.11. The fourth-order valence-corrected chi connectivity index (χ4v) is 2.10. The molecule has 3 nitrogen and oxygen atoms in total. The lowest BCUT2D eigenvalue weighted by molar-refractivity contribution is 0.415. The van der Waals surface area contributed by atoms with Crippen molar-refractivity contribution in [3.05, 3.63) is 53.6 Å². The van der Waals surface area contributed by atoms with Crippen molar-refractivity contribution in [1.29, 1.82) is 5.26 Å². The van der Waals surface area contributed by atoms with Crippen LogP contribution in [0, 0.1) is 11.3 Å². The molecule has 0 fully saturated rings. The quantitative estimate of drug-likeness (QED) is 0.842. The number of hydrogen-bond acceptors (Lipinski definition) is 3. The number of aryl methyl sites for hydroxylation is 1. The van der Waals surface area contributed by atoms with Gasteiger partial charge in [0.05, 0.1) is 18.4 Å². The van der Waals surface area contributed by atoms with Crippen molar-refractivity contribution in [2.24, 2.45) is 0 Å². The van der Waals surface area contributed by atoms with Gasteiger partial charge in [0.25, 0.3) is 0 Å². The summed E-state index contributed by atoms with van der Waals surface area (Å²) in [7, 11) is 3.58. The fraction of sp³-hybridized carbons (Fsp3) is 0.235. The van der Waals surface area contributed by atoms with E-state index in [0.29, 0.717) is 5.56 Å². The van der Waals surface area contributed by atoms with E-state index in [2.05, 4.69) is 37.3 Å². The largest absolute Gasteiger partial charge is 0.497 e. The minimum absolute atomic E-state index is 0.632. The van der Waals surface area contributed by atoms with Crippen LogP contribution in [0.4, 0.5) is 11.4 Å². The molecule has 2 rings (SSSR count). The third-order valence-corrected chi connectivity index (χ3v) is 3.42. The molecule has 0 aromatic heterocycles. The Morgan fingerprint density at radius 2 is 1.85 bits per heavy atom. The number of ether oxygens (including phenoxy) is 1. The molecule has 2 aromatic carbocycles. The number of nitrogens with zero attached hydrogens (tertiary/aromatic N) is 2. The van der Waals surface area contributed by atoms with Gasteiger partial charge >= 0.3 is 0 Å². The summed E-state index contributed by atoms with van der Waals surface area (Å²) in [5.41, 5.74) is 3.82. The lowest BCUT2D eigenvalue weighted by atomic mass is 10.1. The van der Waals surface area contributed by atoms with Gasteiger partial charge in [-0.25, -0.2) is 0 Å². The Morgan fingerprint density at radius 1 is 1.15 bits per heavy atom. The number of hydrogen-bond donors (Lipinski definition) is 0. The highest BCUT2D eigenvalue weighted by atomic mass is 16.5. The molecule has 20 heavy (non-hydrogen) atoms. The van der Waals surface area contributed by atoms with E-state index in [1.165, 1.54) is 5.56 Å². The molecule has 0 unspecified atom stereocenters. The summed E-state index contributed by atoms with van der Waals surface area (Å²) >= 11 is 0. The topological polar surface area (TPSA) is 36.3 Å². The standard InChI is InChI=1S/C17H18N2O/c1-4-13-5-8-15(9-6-13)19(2)17-11-16(20-3)10-7-14(17)12-18/h5-11H,4H2,1-3H3. The van der Waals surface area contributed by atoms with Crippen molar-refractivity contribution in [3.8, 4) is 11.8 Å². The van der Waals surface area contributed by atoms with Gasteiger partial charge in [-0.3, -0.25) is 0 Å². The van der Waals surface area contributed by atoms with Gasteiger partial charge in [0, 0.05) is 18.8 Å². The number of benzene rings is 2. The first-order valence-corrected chi connectivity index (χ1v) is 6.60. The second-order valence-electron chi connectivity index (χ2n) is 4.57. The van der Waals surface area contributed by atoms with Gasteiger partial charge in [-0.2, -0.15) is 5.26 Å². The van der Waals surface area contributed by atoms with Crippen LogP contribution >= 0.6 is 0 Å². The fourth-order valence-electron chi connectivity index (χ4n) is 2.10. The maximum absolute atomic E-state index is 9.24. The first-order chi connectivity index (χ1) is 9.69. The number of methoxy groups -OCH3 is 1. The first-order valence-electron chi connectivity index (χ1n) is 6.60. The molecule has 0 aliphatic rings. The van der Waals surface area contributed by atoms with Crippen molar-refractivity contribution in [2.75, 3.05) is 19.1 Å². The molecule has 3 heteroatoms. The average molecular weight is 266 g/mol. The summed E-state index contributed by atoms with van der Waals surface area (Å²) in [6, 6.07) is 16.0. The Balaban J connectivity index is 2.40. The van der Waals surface area contributed by atoms with Crippen LogP contribution < -0.4 is 9.64 Å². The molecule has 0 radical (unpaired) electrons. The highest BCUT2D eigenvalue weighted by Gasteiger charge is 2.10. The molecule has 0 aliphatic carbocycles. The first kappa shape index (κ1) is 14.0. The zero-order valence-electron chi connectivity index (χ0n) is 12.1. The van der Waals surface area contributed by atoms with E-state index in [1.54, 1.807) is 19.2 Å². The summed E-state index contributed by atoms with van der Waals surface area (Å²) in [6.07, 6.45) is 1.02. The summed E-state index contributed by atoms with van der Waals surface area (Å²) in [5, 5.41) is 9.24. The summed E-state index contributed by atoms with van der Waals surface area (Å²) in [4.78, 5) is 2.00. The third kappa shape index (κ3) is 2.75. The van der Waals surface area contributed by atoms with E-state index in [0.717, 1.165) is 23.5 Å². The maximum atomic E-state index is 9.24. The molecule has 2 aromatic rings. The molecule has 0 N–H and O–H groups in total. The molecule has 0 amide bonds. The molecule has 0 spiro atoms. The van der Waals surface area contributed by atoms with Crippen LogP contribution in [-0.4, -0.2) is 14.2 Å². The van der Waals surface area contributed by atoms with Crippen LogP contribution in [0.3, 0.4) is 0 Å². The van der Waals surface area contributed by atoms with Crippen LogP contribution in [-0.2, 0) is 6.42 Å². The monoisotopic (exact) mass is 266 g/mol. The van der Waals surface area contributed by atoms with E-state index in [1.807, 2.05) is 18.0 Å². The minimum atomic E-state index is 0.632. The van der Waals surface area contributed by atoms with Crippen molar-refractivity contribution in [2.45, 2.75) is 13.3 Å². The second kappa shape index (κ2) is 6.12. The minimum Gasteiger partial charge on any atom is -0.497 e. The van der Waals surface area contributed by atoms with E-state index < -0.39 is 0 Å². The van der Waals surface area contributed by atoms with E-state index in [-0.39, 0.29) is 0 Å². The van der Waals surface area contributed by atoms with Gasteiger partial charge in [-0.15, -0.1) is 0 Å². The molecule has 0 bridgehead atoms. The highest BCUT2D eigenvalue weighted by Crippen LogP contribution is 2.30. The summed E-state index contributed by atoms with van der Waals surface area (Å²) in [5.74, 6) is 0.746. The zero-order valence-corrected chi connectivity index (χ0v) is 12.1. The van der Waals surface area contributed by atoms with Gasteiger partial charge in [0.15, 0.2) is 0 Å². The Bertz CT molecular complexity index is 626. The summed E-state index contributed by atoms with van der Waals surface area (Å²) in [6.45, 7) is 2.13. The van der Waals surface area contributed by atoms with Gasteiger partial charge in [0.2, 0.25) is 0 Å². The van der Waals surface area contributed by atoms with Crippen LogP contribution in [0.15, 0.2) is 42.5 Å². The maximum Gasteiger partial charge on any atom is 0.121 e. The predicted octanol–water partition coefficient (Wildman–Crippen LogP) is 3.90. The molecule has 102 valence electrons. The zero-order chi connectivity index (χ0) is 14.5. The number of anilines is 2. The Morgan fingerprint density at radius 3 is 2.40 bits per heavy atom. The number of nitriles is 1. The Labute approximate surface area is 120 Å². The average Bonchev–Trinajstić information content (AvgIpc) is 2.53. The van der Waals surface area contributed by atoms with Gasteiger partial charge < -0.3 is 9.64 Å². The van der Waals surface area contributed by atoms with Crippen LogP contribution in [0.25, 0.3) is 0 Å². The molecule has 0 saturated heterocycles.